The SMILES string of the molecule is OC1(c2ccc3c(c2)CN(Cc2ccoc2)CCO3)CCN(c2ccccc2F)CC1. The summed E-state index contributed by atoms with van der Waals surface area (Å²) in [6.07, 6.45) is 4.58. The summed E-state index contributed by atoms with van der Waals surface area (Å²) in [4.78, 5) is 4.34. The first-order chi connectivity index (χ1) is 15.1. The maximum atomic E-state index is 14.2. The Balaban J connectivity index is 1.32. The topological polar surface area (TPSA) is 49.1 Å². The first kappa shape index (κ1) is 20.1. The number of fused-ring (bicyclic) bond motifs is 1. The van der Waals surface area contributed by atoms with Crippen molar-refractivity contribution in [3.05, 3.63) is 83.6 Å². The molecule has 1 aromatic heterocycles. The van der Waals surface area contributed by atoms with Crippen molar-refractivity contribution in [1.82, 2.24) is 4.90 Å². The molecule has 162 valence electrons. The van der Waals surface area contributed by atoms with Crippen molar-refractivity contribution in [3.8, 4) is 5.75 Å². The van der Waals surface area contributed by atoms with Crippen LogP contribution in [0.1, 0.15) is 29.5 Å². The van der Waals surface area contributed by atoms with Crippen LogP contribution in [0.5, 0.6) is 5.75 Å². The Morgan fingerprint density at radius 3 is 2.65 bits per heavy atom. The summed E-state index contributed by atoms with van der Waals surface area (Å²) in [5.74, 6) is 0.665. The minimum absolute atomic E-state index is 0.215. The fourth-order valence-electron chi connectivity index (χ4n) is 4.63. The Kier molecular flexibility index (Phi) is 5.42. The van der Waals surface area contributed by atoms with E-state index >= 15 is 0 Å². The van der Waals surface area contributed by atoms with Gasteiger partial charge in [0.15, 0.2) is 0 Å². The largest absolute Gasteiger partial charge is 0.492 e. The fourth-order valence-corrected chi connectivity index (χ4v) is 4.63. The summed E-state index contributed by atoms with van der Waals surface area (Å²) >= 11 is 0. The van der Waals surface area contributed by atoms with E-state index in [-0.39, 0.29) is 5.82 Å². The van der Waals surface area contributed by atoms with Gasteiger partial charge in [-0.05, 0) is 48.7 Å². The molecule has 1 N–H and O–H groups in total. The zero-order chi connectivity index (χ0) is 21.3. The van der Waals surface area contributed by atoms with Crippen LogP contribution in [0.25, 0.3) is 0 Å². The van der Waals surface area contributed by atoms with Gasteiger partial charge in [-0.15, -0.1) is 0 Å². The number of aliphatic hydroxyl groups is 1. The van der Waals surface area contributed by atoms with E-state index in [1.54, 1.807) is 24.7 Å². The number of ether oxygens (including phenoxy) is 1. The van der Waals surface area contributed by atoms with E-state index < -0.39 is 5.60 Å². The van der Waals surface area contributed by atoms with Gasteiger partial charge < -0.3 is 19.2 Å². The van der Waals surface area contributed by atoms with Crippen LogP contribution in [0.3, 0.4) is 0 Å². The van der Waals surface area contributed by atoms with Crippen molar-refractivity contribution in [2.75, 3.05) is 31.1 Å². The quantitative estimate of drug-likeness (QED) is 0.679. The molecule has 0 radical (unpaired) electrons. The highest BCUT2D eigenvalue weighted by Crippen LogP contribution is 2.37. The first-order valence-corrected chi connectivity index (χ1v) is 10.8. The lowest BCUT2D eigenvalue weighted by Crippen LogP contribution is -2.43. The maximum absolute atomic E-state index is 14.2. The molecule has 6 heteroatoms. The number of para-hydroxylation sites is 1. The van der Waals surface area contributed by atoms with Gasteiger partial charge in [0, 0.05) is 43.9 Å². The Morgan fingerprint density at radius 2 is 1.87 bits per heavy atom. The van der Waals surface area contributed by atoms with Crippen molar-refractivity contribution in [3.63, 3.8) is 0 Å². The smallest absolute Gasteiger partial charge is 0.146 e. The summed E-state index contributed by atoms with van der Waals surface area (Å²) in [5, 5.41) is 11.4. The molecule has 0 aliphatic carbocycles. The van der Waals surface area contributed by atoms with Crippen LogP contribution in [0.2, 0.25) is 0 Å². The van der Waals surface area contributed by atoms with Crippen LogP contribution in [0, 0.1) is 5.82 Å². The molecule has 2 aromatic carbocycles. The Hall–Kier alpha value is -2.83. The maximum Gasteiger partial charge on any atom is 0.146 e. The molecular weight excluding hydrogens is 395 g/mol. The van der Waals surface area contributed by atoms with Crippen LogP contribution < -0.4 is 9.64 Å². The molecule has 1 saturated heterocycles. The standard InChI is InChI=1S/C25H27FN2O3/c26-22-3-1-2-4-23(22)28-10-8-25(29,9-11-28)21-5-6-24-20(15-21)17-27(12-14-31-24)16-19-7-13-30-18-19/h1-7,13,15,18,29H,8-12,14,16-17H2. The zero-order valence-electron chi connectivity index (χ0n) is 17.5. The van der Waals surface area contributed by atoms with Crippen molar-refractivity contribution in [2.45, 2.75) is 31.5 Å². The monoisotopic (exact) mass is 422 g/mol. The number of halogens is 1. The van der Waals surface area contributed by atoms with Crippen molar-refractivity contribution < 1.29 is 18.7 Å². The number of anilines is 1. The molecule has 5 nitrogen and oxygen atoms in total. The van der Waals surface area contributed by atoms with Gasteiger partial charge in [-0.25, -0.2) is 4.39 Å². The molecule has 3 heterocycles. The van der Waals surface area contributed by atoms with E-state index in [9.17, 15) is 9.50 Å². The number of benzene rings is 2. The number of furan rings is 1. The molecule has 0 amide bonds. The average molecular weight is 423 g/mol. The van der Waals surface area contributed by atoms with E-state index in [0.29, 0.717) is 38.2 Å². The predicted octanol–water partition coefficient (Wildman–Crippen LogP) is 4.30. The predicted molar refractivity (Wildman–Crippen MR) is 117 cm³/mol. The molecule has 1 fully saturated rings. The lowest BCUT2D eigenvalue weighted by molar-refractivity contribution is 0.0115. The van der Waals surface area contributed by atoms with Crippen LogP contribution in [-0.4, -0.2) is 36.2 Å². The minimum atomic E-state index is -0.918. The lowest BCUT2D eigenvalue weighted by Gasteiger charge is -2.40. The number of nitrogens with zero attached hydrogens (tertiary/aromatic N) is 2. The molecule has 2 aliphatic heterocycles. The lowest BCUT2D eigenvalue weighted by atomic mass is 9.83. The number of hydrogen-bond acceptors (Lipinski definition) is 5. The Labute approximate surface area is 181 Å². The van der Waals surface area contributed by atoms with E-state index in [1.165, 1.54) is 6.07 Å². The molecule has 0 saturated carbocycles. The Morgan fingerprint density at radius 1 is 1.03 bits per heavy atom. The second kappa shape index (κ2) is 8.36. The van der Waals surface area contributed by atoms with Crippen LogP contribution in [0.15, 0.2) is 65.5 Å². The van der Waals surface area contributed by atoms with Gasteiger partial charge in [-0.1, -0.05) is 18.2 Å². The minimum Gasteiger partial charge on any atom is -0.492 e. The van der Waals surface area contributed by atoms with Gasteiger partial charge >= 0.3 is 0 Å². The second-order valence-electron chi connectivity index (χ2n) is 8.48. The molecule has 5 rings (SSSR count). The van der Waals surface area contributed by atoms with Gasteiger partial charge in [0.05, 0.1) is 23.8 Å². The van der Waals surface area contributed by atoms with E-state index in [4.69, 9.17) is 9.15 Å². The molecule has 0 unspecified atom stereocenters. The molecular formula is C25H27FN2O3. The highest BCUT2D eigenvalue weighted by molar-refractivity contribution is 5.49. The molecule has 3 aromatic rings. The number of hydrogen-bond donors (Lipinski definition) is 1. The van der Waals surface area contributed by atoms with Gasteiger partial charge in [-0.2, -0.15) is 0 Å². The average Bonchev–Trinajstić information content (AvgIpc) is 3.20. The summed E-state index contributed by atoms with van der Waals surface area (Å²) < 4.78 is 25.3. The number of piperidine rings is 1. The second-order valence-corrected chi connectivity index (χ2v) is 8.48. The van der Waals surface area contributed by atoms with Gasteiger partial charge in [0.2, 0.25) is 0 Å². The van der Waals surface area contributed by atoms with Gasteiger partial charge in [-0.3, -0.25) is 4.90 Å². The van der Waals surface area contributed by atoms with E-state index in [1.807, 2.05) is 29.2 Å². The summed E-state index contributed by atoms with van der Waals surface area (Å²) in [6, 6.07) is 14.9. The van der Waals surface area contributed by atoms with Gasteiger partial charge in [0.25, 0.3) is 0 Å². The number of rotatable bonds is 4. The van der Waals surface area contributed by atoms with Crippen LogP contribution >= 0.6 is 0 Å². The highest BCUT2D eigenvalue weighted by atomic mass is 19.1. The molecule has 31 heavy (non-hydrogen) atoms. The third-order valence-electron chi connectivity index (χ3n) is 6.43. The molecule has 0 atom stereocenters. The van der Waals surface area contributed by atoms with Crippen molar-refractivity contribution >= 4 is 5.69 Å². The van der Waals surface area contributed by atoms with Crippen molar-refractivity contribution in [2.24, 2.45) is 0 Å². The summed E-state index contributed by atoms with van der Waals surface area (Å²) in [7, 11) is 0. The third kappa shape index (κ3) is 4.18. The molecule has 0 spiro atoms. The van der Waals surface area contributed by atoms with E-state index in [0.717, 1.165) is 42.1 Å². The molecule has 0 bridgehead atoms. The molecule has 2 aliphatic rings. The summed E-state index contributed by atoms with van der Waals surface area (Å²) in [6.45, 7) is 4.23. The third-order valence-corrected chi connectivity index (χ3v) is 6.43. The highest BCUT2D eigenvalue weighted by Gasteiger charge is 2.35. The fraction of sp³-hybridized carbons (Fsp3) is 0.360. The van der Waals surface area contributed by atoms with Crippen LogP contribution in [-0.2, 0) is 18.7 Å². The van der Waals surface area contributed by atoms with Gasteiger partial charge in [0.1, 0.15) is 18.2 Å². The normalized spacial score (nSPS) is 18.8. The van der Waals surface area contributed by atoms with Crippen LogP contribution in [0.4, 0.5) is 10.1 Å². The first-order valence-electron chi connectivity index (χ1n) is 10.8. The Bertz CT molecular complexity index is 1030. The zero-order valence-corrected chi connectivity index (χ0v) is 17.5. The van der Waals surface area contributed by atoms with E-state index in [2.05, 4.69) is 11.0 Å². The summed E-state index contributed by atoms with van der Waals surface area (Å²) in [5.41, 5.74) is 2.82. The van der Waals surface area contributed by atoms with Crippen molar-refractivity contribution in [1.29, 1.82) is 0 Å².